The Balaban J connectivity index is 1.82. The van der Waals surface area contributed by atoms with Gasteiger partial charge in [0.15, 0.2) is 6.61 Å². The summed E-state index contributed by atoms with van der Waals surface area (Å²) in [7, 11) is 0. The average Bonchev–Trinajstić information content (AvgIpc) is 2.53. The summed E-state index contributed by atoms with van der Waals surface area (Å²) in [6, 6.07) is 4.86. The summed E-state index contributed by atoms with van der Waals surface area (Å²) in [5, 5.41) is 0.886. The van der Waals surface area contributed by atoms with Crippen LogP contribution < -0.4 is 4.74 Å². The Hall–Kier alpha value is -1.46. The van der Waals surface area contributed by atoms with Gasteiger partial charge in [-0.15, -0.1) is 0 Å². The number of hydrogen-bond acceptors (Lipinski definition) is 3. The van der Waals surface area contributed by atoms with Crippen molar-refractivity contribution in [2.45, 2.75) is 13.8 Å². The van der Waals surface area contributed by atoms with Gasteiger partial charge in [-0.1, -0.05) is 37.0 Å². The second-order valence-corrected chi connectivity index (χ2v) is 6.57. The highest BCUT2D eigenvalue weighted by Crippen LogP contribution is 2.27. The normalized spacial score (nSPS) is 15.0. The number of piperazine rings is 1. The molecular formula is C16H20Cl2N2O3. The molecule has 5 nitrogen and oxygen atoms in total. The average molecular weight is 359 g/mol. The summed E-state index contributed by atoms with van der Waals surface area (Å²) in [5.41, 5.74) is 0. The van der Waals surface area contributed by atoms with E-state index < -0.39 is 0 Å². The predicted molar refractivity (Wildman–Crippen MR) is 90.0 cm³/mol. The third kappa shape index (κ3) is 4.75. The molecule has 0 N–H and O–H groups in total. The monoisotopic (exact) mass is 358 g/mol. The van der Waals surface area contributed by atoms with Crippen LogP contribution >= 0.6 is 23.2 Å². The van der Waals surface area contributed by atoms with E-state index in [-0.39, 0.29) is 24.3 Å². The van der Waals surface area contributed by atoms with Crippen LogP contribution in [0.4, 0.5) is 0 Å². The largest absolute Gasteiger partial charge is 0.482 e. The molecule has 0 saturated carbocycles. The lowest BCUT2D eigenvalue weighted by Gasteiger charge is -2.35. The van der Waals surface area contributed by atoms with Gasteiger partial charge in [0.2, 0.25) is 5.91 Å². The Labute approximate surface area is 146 Å². The van der Waals surface area contributed by atoms with Crippen molar-refractivity contribution in [1.82, 2.24) is 9.80 Å². The lowest BCUT2D eigenvalue weighted by atomic mass is 10.1. The minimum Gasteiger partial charge on any atom is -0.482 e. The molecule has 23 heavy (non-hydrogen) atoms. The zero-order chi connectivity index (χ0) is 17.0. The van der Waals surface area contributed by atoms with Crippen LogP contribution in [0.1, 0.15) is 13.8 Å². The molecule has 126 valence electrons. The van der Waals surface area contributed by atoms with Gasteiger partial charge in [0, 0.05) is 37.1 Å². The highest BCUT2D eigenvalue weighted by molar-refractivity contribution is 6.35. The first kappa shape index (κ1) is 17.9. The fraction of sp³-hybridized carbons (Fsp3) is 0.500. The summed E-state index contributed by atoms with van der Waals surface area (Å²) < 4.78 is 5.46. The molecule has 1 saturated heterocycles. The van der Waals surface area contributed by atoms with Gasteiger partial charge in [0.05, 0.1) is 5.02 Å². The van der Waals surface area contributed by atoms with E-state index in [2.05, 4.69) is 0 Å². The highest BCUT2D eigenvalue weighted by Gasteiger charge is 2.25. The standard InChI is InChI=1S/C16H20Cl2N2O3/c1-11(2)16(22)20-7-5-19(6-8-20)15(21)10-23-14-4-3-12(17)9-13(14)18/h3-4,9,11H,5-8,10H2,1-2H3. The van der Waals surface area contributed by atoms with Crippen LogP contribution in [0.5, 0.6) is 5.75 Å². The van der Waals surface area contributed by atoms with E-state index >= 15 is 0 Å². The van der Waals surface area contributed by atoms with Crippen molar-refractivity contribution in [3.05, 3.63) is 28.2 Å². The summed E-state index contributed by atoms with van der Waals surface area (Å²) in [4.78, 5) is 27.6. The minimum absolute atomic E-state index is 0.0207. The van der Waals surface area contributed by atoms with Crippen LogP contribution in [-0.4, -0.2) is 54.4 Å². The van der Waals surface area contributed by atoms with E-state index in [9.17, 15) is 9.59 Å². The Kier molecular flexibility index (Phi) is 6.13. The smallest absolute Gasteiger partial charge is 0.260 e. The Morgan fingerprint density at radius 1 is 1.13 bits per heavy atom. The van der Waals surface area contributed by atoms with Crippen LogP contribution in [0.3, 0.4) is 0 Å². The lowest BCUT2D eigenvalue weighted by Crippen LogP contribution is -2.52. The highest BCUT2D eigenvalue weighted by atomic mass is 35.5. The molecule has 1 aromatic carbocycles. The van der Waals surface area contributed by atoms with E-state index in [1.807, 2.05) is 13.8 Å². The molecule has 0 aliphatic carbocycles. The van der Waals surface area contributed by atoms with Crippen molar-refractivity contribution < 1.29 is 14.3 Å². The second kappa shape index (κ2) is 7.88. The third-order valence-corrected chi connectivity index (χ3v) is 4.21. The number of amides is 2. The first-order valence-electron chi connectivity index (χ1n) is 7.53. The Bertz CT molecular complexity index is 585. The van der Waals surface area contributed by atoms with Crippen LogP contribution in [0.25, 0.3) is 0 Å². The summed E-state index contributed by atoms with van der Waals surface area (Å²) in [6.07, 6.45) is 0. The number of rotatable bonds is 4. The molecule has 2 amide bonds. The van der Waals surface area contributed by atoms with Gasteiger partial charge in [-0.3, -0.25) is 9.59 Å². The zero-order valence-corrected chi connectivity index (χ0v) is 14.7. The fourth-order valence-electron chi connectivity index (χ4n) is 2.36. The van der Waals surface area contributed by atoms with Crippen molar-refractivity contribution in [2.75, 3.05) is 32.8 Å². The second-order valence-electron chi connectivity index (χ2n) is 5.72. The maximum atomic E-state index is 12.2. The SMILES string of the molecule is CC(C)C(=O)N1CCN(C(=O)COc2ccc(Cl)cc2Cl)CC1. The maximum Gasteiger partial charge on any atom is 0.260 e. The number of carbonyl (C=O) groups excluding carboxylic acids is 2. The van der Waals surface area contributed by atoms with Gasteiger partial charge < -0.3 is 14.5 Å². The van der Waals surface area contributed by atoms with Crippen molar-refractivity contribution >= 4 is 35.0 Å². The number of nitrogens with zero attached hydrogens (tertiary/aromatic N) is 2. The quantitative estimate of drug-likeness (QED) is 0.831. The van der Waals surface area contributed by atoms with E-state index in [1.165, 1.54) is 0 Å². The van der Waals surface area contributed by atoms with E-state index in [4.69, 9.17) is 27.9 Å². The van der Waals surface area contributed by atoms with E-state index in [0.29, 0.717) is 42.0 Å². The van der Waals surface area contributed by atoms with Gasteiger partial charge in [0.1, 0.15) is 5.75 Å². The molecular weight excluding hydrogens is 339 g/mol. The van der Waals surface area contributed by atoms with Gasteiger partial charge in [-0.25, -0.2) is 0 Å². The first-order valence-corrected chi connectivity index (χ1v) is 8.28. The molecule has 0 unspecified atom stereocenters. The fourth-order valence-corrected chi connectivity index (χ4v) is 2.83. The molecule has 7 heteroatoms. The van der Waals surface area contributed by atoms with Crippen LogP contribution in [0.15, 0.2) is 18.2 Å². The predicted octanol–water partition coefficient (Wildman–Crippen LogP) is 2.70. The Morgan fingerprint density at radius 3 is 2.30 bits per heavy atom. The topological polar surface area (TPSA) is 49.9 Å². The van der Waals surface area contributed by atoms with Crippen molar-refractivity contribution in [1.29, 1.82) is 0 Å². The maximum absolute atomic E-state index is 12.2. The van der Waals surface area contributed by atoms with Crippen molar-refractivity contribution in [3.8, 4) is 5.75 Å². The molecule has 0 spiro atoms. The molecule has 0 atom stereocenters. The third-order valence-electron chi connectivity index (χ3n) is 3.68. The number of benzene rings is 1. The number of hydrogen-bond donors (Lipinski definition) is 0. The minimum atomic E-state index is -0.118. The molecule has 0 bridgehead atoms. The first-order chi connectivity index (χ1) is 10.9. The van der Waals surface area contributed by atoms with E-state index in [0.717, 1.165) is 0 Å². The number of ether oxygens (including phenoxy) is 1. The van der Waals surface area contributed by atoms with Gasteiger partial charge in [-0.2, -0.15) is 0 Å². The summed E-state index contributed by atoms with van der Waals surface area (Å²) in [6.45, 7) is 5.84. The molecule has 1 heterocycles. The van der Waals surface area contributed by atoms with Gasteiger partial charge >= 0.3 is 0 Å². The van der Waals surface area contributed by atoms with E-state index in [1.54, 1.807) is 28.0 Å². The molecule has 0 radical (unpaired) electrons. The molecule has 0 aromatic heterocycles. The van der Waals surface area contributed by atoms with Crippen LogP contribution in [0.2, 0.25) is 10.0 Å². The number of carbonyl (C=O) groups is 2. The molecule has 1 fully saturated rings. The molecule has 1 aliphatic rings. The van der Waals surface area contributed by atoms with Gasteiger partial charge in [-0.05, 0) is 18.2 Å². The molecule has 2 rings (SSSR count). The molecule has 1 aromatic rings. The summed E-state index contributed by atoms with van der Waals surface area (Å²) >= 11 is 11.8. The van der Waals surface area contributed by atoms with Crippen LogP contribution in [-0.2, 0) is 9.59 Å². The van der Waals surface area contributed by atoms with Crippen LogP contribution in [0, 0.1) is 5.92 Å². The Morgan fingerprint density at radius 2 is 1.74 bits per heavy atom. The van der Waals surface area contributed by atoms with Crippen molar-refractivity contribution in [3.63, 3.8) is 0 Å². The zero-order valence-electron chi connectivity index (χ0n) is 13.2. The number of halogens is 2. The van der Waals surface area contributed by atoms with Crippen molar-refractivity contribution in [2.24, 2.45) is 5.92 Å². The van der Waals surface area contributed by atoms with Gasteiger partial charge in [0.25, 0.3) is 5.91 Å². The molecule has 1 aliphatic heterocycles. The summed E-state index contributed by atoms with van der Waals surface area (Å²) in [5.74, 6) is 0.416. The lowest BCUT2D eigenvalue weighted by molar-refractivity contribution is -0.142.